The van der Waals surface area contributed by atoms with Gasteiger partial charge < -0.3 is 14.8 Å². The van der Waals surface area contributed by atoms with Gasteiger partial charge in [-0.2, -0.15) is 0 Å². The molecule has 2 aromatic carbocycles. The van der Waals surface area contributed by atoms with Gasteiger partial charge >= 0.3 is 0 Å². The van der Waals surface area contributed by atoms with E-state index in [1.165, 1.54) is 6.92 Å². The van der Waals surface area contributed by atoms with Gasteiger partial charge in [0.2, 0.25) is 15.9 Å². The quantitative estimate of drug-likeness (QED) is 0.819. The summed E-state index contributed by atoms with van der Waals surface area (Å²) < 4.78 is 36.8. The highest BCUT2D eigenvalue weighted by atomic mass is 35.5. The van der Waals surface area contributed by atoms with Gasteiger partial charge in [0, 0.05) is 16.8 Å². The smallest absolute Gasteiger partial charge is 0.247 e. The number of hydrogen-bond donors (Lipinski definition) is 1. The maximum Gasteiger partial charge on any atom is 0.247 e. The minimum atomic E-state index is -3.74. The predicted molar refractivity (Wildman–Crippen MR) is 104 cm³/mol. The van der Waals surface area contributed by atoms with Gasteiger partial charge in [-0.1, -0.05) is 17.7 Å². The number of rotatable bonds is 5. The van der Waals surface area contributed by atoms with Crippen LogP contribution in [0.2, 0.25) is 5.02 Å². The molecule has 2 aromatic rings. The molecule has 0 saturated heterocycles. The Morgan fingerprint density at radius 1 is 1.15 bits per heavy atom. The zero-order valence-corrected chi connectivity index (χ0v) is 16.4. The van der Waals surface area contributed by atoms with Crippen molar-refractivity contribution < 1.29 is 22.7 Å². The molecule has 7 nitrogen and oxygen atoms in total. The van der Waals surface area contributed by atoms with Crippen LogP contribution in [0.1, 0.15) is 6.92 Å². The van der Waals surface area contributed by atoms with E-state index in [2.05, 4.69) is 5.32 Å². The first-order chi connectivity index (χ1) is 12.8. The molecular formula is C18H19ClN2O5S. The molecule has 27 heavy (non-hydrogen) atoms. The van der Waals surface area contributed by atoms with Crippen LogP contribution in [-0.4, -0.2) is 39.8 Å². The van der Waals surface area contributed by atoms with Crippen LogP contribution in [-0.2, 0) is 14.8 Å². The van der Waals surface area contributed by atoms with Crippen LogP contribution >= 0.6 is 11.6 Å². The summed E-state index contributed by atoms with van der Waals surface area (Å²) in [6.07, 6.45) is 1.05. The van der Waals surface area contributed by atoms with Gasteiger partial charge in [-0.25, -0.2) is 8.42 Å². The van der Waals surface area contributed by atoms with Crippen molar-refractivity contribution in [3.05, 3.63) is 47.5 Å². The fourth-order valence-electron chi connectivity index (χ4n) is 2.79. The van der Waals surface area contributed by atoms with Crippen molar-refractivity contribution in [1.82, 2.24) is 0 Å². The number of benzene rings is 2. The van der Waals surface area contributed by atoms with Crippen molar-refractivity contribution in [3.8, 4) is 11.5 Å². The number of fused-ring (bicyclic) bond motifs is 1. The molecule has 0 bridgehead atoms. The Morgan fingerprint density at radius 3 is 2.52 bits per heavy atom. The van der Waals surface area contributed by atoms with Crippen LogP contribution in [0.5, 0.6) is 11.5 Å². The molecular weight excluding hydrogens is 392 g/mol. The second-order valence-corrected chi connectivity index (χ2v) is 8.36. The van der Waals surface area contributed by atoms with Gasteiger partial charge in [0.15, 0.2) is 11.5 Å². The highest BCUT2D eigenvalue weighted by Gasteiger charge is 2.30. The second-order valence-electron chi connectivity index (χ2n) is 6.06. The van der Waals surface area contributed by atoms with Crippen LogP contribution in [0.15, 0.2) is 42.5 Å². The zero-order chi connectivity index (χ0) is 19.6. The van der Waals surface area contributed by atoms with Gasteiger partial charge in [0.1, 0.15) is 19.3 Å². The van der Waals surface area contributed by atoms with E-state index >= 15 is 0 Å². The molecule has 3 rings (SSSR count). The summed E-state index contributed by atoms with van der Waals surface area (Å²) in [6.45, 7) is 2.32. The number of nitrogens with zero attached hydrogens (tertiary/aromatic N) is 1. The minimum Gasteiger partial charge on any atom is -0.486 e. The third-order valence-electron chi connectivity index (χ3n) is 3.96. The molecule has 0 aromatic heterocycles. The van der Waals surface area contributed by atoms with Crippen LogP contribution in [0, 0.1) is 0 Å². The fraction of sp³-hybridized carbons (Fsp3) is 0.278. The standard InChI is InChI=1S/C18H19ClN2O5S/c1-12(18(22)20-14-5-3-4-13(19)10-14)21(27(2,23)24)15-6-7-16-17(11-15)26-9-8-25-16/h3-7,10-12H,8-9H2,1-2H3,(H,20,22)/t12-/m1/s1. The molecule has 0 spiro atoms. The Hall–Kier alpha value is -2.45. The highest BCUT2D eigenvalue weighted by molar-refractivity contribution is 7.92. The first-order valence-electron chi connectivity index (χ1n) is 8.21. The van der Waals surface area contributed by atoms with E-state index in [4.69, 9.17) is 21.1 Å². The minimum absolute atomic E-state index is 0.315. The second kappa shape index (κ2) is 7.66. The summed E-state index contributed by atoms with van der Waals surface area (Å²) in [5, 5.41) is 3.15. The lowest BCUT2D eigenvalue weighted by Gasteiger charge is -2.29. The van der Waals surface area contributed by atoms with Crippen LogP contribution in [0.3, 0.4) is 0 Å². The maximum atomic E-state index is 12.7. The molecule has 144 valence electrons. The molecule has 1 aliphatic heterocycles. The van der Waals surface area contributed by atoms with Crippen molar-refractivity contribution in [1.29, 1.82) is 0 Å². The number of nitrogens with one attached hydrogen (secondary N) is 1. The van der Waals surface area contributed by atoms with Gasteiger partial charge in [-0.3, -0.25) is 9.10 Å². The number of ether oxygens (including phenoxy) is 2. The fourth-order valence-corrected chi connectivity index (χ4v) is 4.15. The van der Waals surface area contributed by atoms with Crippen LogP contribution < -0.4 is 19.1 Å². The zero-order valence-electron chi connectivity index (χ0n) is 14.8. The van der Waals surface area contributed by atoms with E-state index in [-0.39, 0.29) is 0 Å². The molecule has 0 fully saturated rings. The number of amides is 1. The summed E-state index contributed by atoms with van der Waals surface area (Å²) in [7, 11) is -3.74. The Balaban J connectivity index is 1.89. The summed E-state index contributed by atoms with van der Waals surface area (Å²) in [5.74, 6) is 0.488. The number of hydrogen-bond acceptors (Lipinski definition) is 5. The predicted octanol–water partition coefficient (Wildman–Crippen LogP) is 2.90. The Morgan fingerprint density at radius 2 is 1.85 bits per heavy atom. The van der Waals surface area contributed by atoms with Crippen LogP contribution in [0.4, 0.5) is 11.4 Å². The summed E-state index contributed by atoms with van der Waals surface area (Å²) in [5.41, 5.74) is 0.797. The normalized spacial score (nSPS) is 14.3. The lowest BCUT2D eigenvalue weighted by atomic mass is 10.2. The first kappa shape index (κ1) is 19.3. The SMILES string of the molecule is C[C@H](C(=O)Nc1cccc(Cl)c1)N(c1ccc2c(c1)OCCO2)S(C)(=O)=O. The molecule has 1 atom stereocenters. The third kappa shape index (κ3) is 4.45. The summed E-state index contributed by atoms with van der Waals surface area (Å²) in [4.78, 5) is 12.7. The van der Waals surface area contributed by atoms with Gasteiger partial charge in [-0.15, -0.1) is 0 Å². The van der Waals surface area contributed by atoms with Crippen molar-refractivity contribution in [3.63, 3.8) is 0 Å². The molecule has 0 aliphatic carbocycles. The van der Waals surface area contributed by atoms with Crippen molar-refractivity contribution in [2.75, 3.05) is 29.1 Å². The lowest BCUT2D eigenvalue weighted by molar-refractivity contribution is -0.116. The highest BCUT2D eigenvalue weighted by Crippen LogP contribution is 2.35. The molecule has 1 heterocycles. The summed E-state index contributed by atoms with van der Waals surface area (Å²) in [6, 6.07) is 10.4. The number of anilines is 2. The number of sulfonamides is 1. The van der Waals surface area contributed by atoms with Gasteiger partial charge in [0.05, 0.1) is 11.9 Å². The molecule has 9 heteroatoms. The van der Waals surface area contributed by atoms with E-state index < -0.39 is 22.0 Å². The monoisotopic (exact) mass is 410 g/mol. The Labute approximate surface area is 162 Å². The first-order valence-corrected chi connectivity index (χ1v) is 10.4. The van der Waals surface area contributed by atoms with E-state index in [1.54, 1.807) is 42.5 Å². The van der Waals surface area contributed by atoms with E-state index in [0.717, 1.165) is 10.6 Å². The lowest BCUT2D eigenvalue weighted by Crippen LogP contribution is -2.45. The van der Waals surface area contributed by atoms with E-state index in [0.29, 0.717) is 41.1 Å². The van der Waals surface area contributed by atoms with Crippen molar-refractivity contribution in [2.24, 2.45) is 0 Å². The molecule has 1 aliphatic rings. The van der Waals surface area contributed by atoms with Gasteiger partial charge in [0.25, 0.3) is 0 Å². The largest absolute Gasteiger partial charge is 0.486 e. The van der Waals surface area contributed by atoms with Crippen molar-refractivity contribution >= 4 is 38.9 Å². The number of carbonyl (C=O) groups excluding carboxylic acids is 1. The molecule has 1 N–H and O–H groups in total. The number of carbonyl (C=O) groups is 1. The maximum absolute atomic E-state index is 12.7. The number of halogens is 1. The summed E-state index contributed by atoms with van der Waals surface area (Å²) >= 11 is 5.92. The Bertz CT molecular complexity index is 964. The van der Waals surface area contributed by atoms with Crippen LogP contribution in [0.25, 0.3) is 0 Å². The third-order valence-corrected chi connectivity index (χ3v) is 5.44. The molecule has 1 amide bonds. The Kier molecular flexibility index (Phi) is 5.48. The van der Waals surface area contributed by atoms with E-state index in [9.17, 15) is 13.2 Å². The molecule has 0 radical (unpaired) electrons. The van der Waals surface area contributed by atoms with Gasteiger partial charge in [-0.05, 0) is 37.3 Å². The average molecular weight is 411 g/mol. The topological polar surface area (TPSA) is 84.9 Å². The molecule has 0 unspecified atom stereocenters. The van der Waals surface area contributed by atoms with Crippen molar-refractivity contribution in [2.45, 2.75) is 13.0 Å². The average Bonchev–Trinajstić information content (AvgIpc) is 2.60. The molecule has 0 saturated carbocycles. The van der Waals surface area contributed by atoms with E-state index in [1.807, 2.05) is 0 Å².